The van der Waals surface area contributed by atoms with Crippen LogP contribution in [0.5, 0.6) is 0 Å². The Morgan fingerprint density at radius 2 is 1.48 bits per heavy atom. The Morgan fingerprint density at radius 1 is 0.870 bits per heavy atom. The van der Waals surface area contributed by atoms with E-state index in [2.05, 4.69) is 6.92 Å². The van der Waals surface area contributed by atoms with Gasteiger partial charge < -0.3 is 5.73 Å². The smallest absolute Gasteiger partial charge is 0.149 e. The van der Waals surface area contributed by atoms with Crippen molar-refractivity contribution in [2.24, 2.45) is 5.92 Å². The van der Waals surface area contributed by atoms with Crippen LogP contribution in [-0.2, 0) is 0 Å². The molecule has 0 aliphatic heterocycles. The van der Waals surface area contributed by atoms with Gasteiger partial charge in [0.15, 0.2) is 0 Å². The van der Waals surface area contributed by atoms with Crippen molar-refractivity contribution in [2.45, 2.75) is 38.5 Å². The van der Waals surface area contributed by atoms with Gasteiger partial charge in [0.25, 0.3) is 0 Å². The van der Waals surface area contributed by atoms with Gasteiger partial charge in [0.2, 0.25) is 0 Å². The normalized spacial score (nSPS) is 21.4. The molecule has 0 spiro atoms. The van der Waals surface area contributed by atoms with Crippen LogP contribution in [0.1, 0.15) is 44.1 Å². The van der Waals surface area contributed by atoms with E-state index in [9.17, 15) is 13.2 Å². The zero-order chi connectivity index (χ0) is 16.6. The van der Waals surface area contributed by atoms with Gasteiger partial charge in [0.1, 0.15) is 23.1 Å². The Hall–Kier alpha value is -1.97. The zero-order valence-corrected chi connectivity index (χ0v) is 13.1. The molecule has 4 heteroatoms. The largest absolute Gasteiger partial charge is 0.394 e. The molecule has 0 unspecified atom stereocenters. The molecule has 0 bridgehead atoms. The number of hydrogen-bond acceptors (Lipinski definition) is 1. The molecule has 122 valence electrons. The van der Waals surface area contributed by atoms with Gasteiger partial charge in [-0.2, -0.15) is 0 Å². The second-order valence-electron chi connectivity index (χ2n) is 6.55. The first-order chi connectivity index (χ1) is 11.0. The second kappa shape index (κ2) is 6.26. The fraction of sp³-hybridized carbons (Fsp3) is 0.368. The summed E-state index contributed by atoms with van der Waals surface area (Å²) in [5.41, 5.74) is 6.04. The van der Waals surface area contributed by atoms with E-state index in [1.165, 1.54) is 6.07 Å². The Morgan fingerprint density at radius 3 is 2.04 bits per heavy atom. The third kappa shape index (κ3) is 3.21. The minimum absolute atomic E-state index is 0.163. The topological polar surface area (TPSA) is 26.0 Å². The van der Waals surface area contributed by atoms with Crippen LogP contribution in [0.4, 0.5) is 18.9 Å². The average Bonchev–Trinajstić information content (AvgIpc) is 2.53. The molecule has 1 aliphatic rings. The Bertz CT molecular complexity index is 696. The van der Waals surface area contributed by atoms with Crippen LogP contribution in [0.25, 0.3) is 11.1 Å². The highest BCUT2D eigenvalue weighted by Crippen LogP contribution is 2.37. The molecule has 1 nitrogen and oxygen atoms in total. The van der Waals surface area contributed by atoms with Crippen LogP contribution in [0.3, 0.4) is 0 Å². The first kappa shape index (κ1) is 15.9. The molecule has 23 heavy (non-hydrogen) atoms. The van der Waals surface area contributed by atoms with Crippen molar-refractivity contribution in [1.29, 1.82) is 0 Å². The summed E-state index contributed by atoms with van der Waals surface area (Å²) >= 11 is 0. The Balaban J connectivity index is 1.91. The van der Waals surface area contributed by atoms with Crippen LogP contribution in [0.2, 0.25) is 0 Å². The molecule has 0 amide bonds. The predicted molar refractivity (Wildman–Crippen MR) is 86.5 cm³/mol. The first-order valence-corrected chi connectivity index (χ1v) is 8.00. The van der Waals surface area contributed by atoms with Gasteiger partial charge in [-0.15, -0.1) is 0 Å². The number of rotatable bonds is 2. The molecule has 2 aromatic rings. The second-order valence-corrected chi connectivity index (χ2v) is 6.55. The van der Waals surface area contributed by atoms with Crippen LogP contribution in [-0.4, -0.2) is 0 Å². The predicted octanol–water partition coefficient (Wildman–Crippen LogP) is 5.65. The molecular formula is C19H20F3N. The summed E-state index contributed by atoms with van der Waals surface area (Å²) in [5, 5.41) is 0. The third-order valence-electron chi connectivity index (χ3n) is 4.87. The van der Waals surface area contributed by atoms with E-state index >= 15 is 0 Å². The summed E-state index contributed by atoms with van der Waals surface area (Å²) in [6.07, 6.45) is 4.43. The van der Waals surface area contributed by atoms with Crippen molar-refractivity contribution in [3.8, 4) is 11.1 Å². The molecule has 3 rings (SSSR count). The van der Waals surface area contributed by atoms with Crippen LogP contribution < -0.4 is 5.73 Å². The molecule has 0 atom stereocenters. The lowest BCUT2D eigenvalue weighted by Gasteiger charge is -2.26. The van der Waals surface area contributed by atoms with Crippen molar-refractivity contribution in [1.82, 2.24) is 0 Å². The van der Waals surface area contributed by atoms with E-state index in [-0.39, 0.29) is 11.1 Å². The van der Waals surface area contributed by atoms with Crippen molar-refractivity contribution in [2.75, 3.05) is 5.73 Å². The summed E-state index contributed by atoms with van der Waals surface area (Å²) in [4.78, 5) is 0. The summed E-state index contributed by atoms with van der Waals surface area (Å²) in [6.45, 7) is 2.24. The first-order valence-electron chi connectivity index (χ1n) is 8.00. The van der Waals surface area contributed by atoms with Gasteiger partial charge >= 0.3 is 0 Å². The molecule has 2 aromatic carbocycles. The molecular weight excluding hydrogens is 299 g/mol. The Labute approximate surface area is 134 Å². The molecule has 2 N–H and O–H groups in total. The number of nitrogen functional groups attached to an aromatic ring is 1. The van der Waals surface area contributed by atoms with Crippen LogP contribution >= 0.6 is 0 Å². The zero-order valence-electron chi connectivity index (χ0n) is 13.1. The highest BCUT2D eigenvalue weighted by Gasteiger charge is 2.21. The van der Waals surface area contributed by atoms with Gasteiger partial charge in [-0.3, -0.25) is 0 Å². The molecule has 0 heterocycles. The van der Waals surface area contributed by atoms with Crippen molar-refractivity contribution in [3.63, 3.8) is 0 Å². The molecule has 1 fully saturated rings. The Kier molecular flexibility index (Phi) is 4.33. The van der Waals surface area contributed by atoms with E-state index in [1.54, 1.807) is 6.07 Å². The third-order valence-corrected chi connectivity index (χ3v) is 4.87. The summed E-state index contributed by atoms with van der Waals surface area (Å²) in [5.74, 6) is -1.09. The average molecular weight is 319 g/mol. The van der Waals surface area contributed by atoms with Gasteiger partial charge in [0.05, 0.1) is 0 Å². The van der Waals surface area contributed by atoms with Gasteiger partial charge in [-0.1, -0.05) is 31.9 Å². The van der Waals surface area contributed by atoms with E-state index < -0.39 is 23.1 Å². The standard InChI is InChI=1S/C19H20F3N/c1-11-2-4-12(5-3-11)13-6-7-15(16(20)8-13)14-9-17(21)19(23)18(22)10-14/h6-12H,2-5,23H2,1H3. The number of nitrogens with two attached hydrogens (primary N) is 1. The number of hydrogen-bond donors (Lipinski definition) is 1. The maximum Gasteiger partial charge on any atom is 0.149 e. The fourth-order valence-corrected chi connectivity index (χ4v) is 3.35. The SMILES string of the molecule is CC1CCC(c2ccc(-c3cc(F)c(N)c(F)c3)c(F)c2)CC1. The lowest BCUT2D eigenvalue weighted by molar-refractivity contribution is 0.347. The minimum Gasteiger partial charge on any atom is -0.394 e. The molecule has 1 saturated carbocycles. The maximum atomic E-state index is 14.5. The number of benzene rings is 2. The van der Waals surface area contributed by atoms with E-state index in [4.69, 9.17) is 5.73 Å². The molecule has 0 radical (unpaired) electrons. The molecule has 1 aliphatic carbocycles. The fourth-order valence-electron chi connectivity index (χ4n) is 3.35. The number of halogens is 3. The summed E-state index contributed by atoms with van der Waals surface area (Å²) < 4.78 is 41.6. The van der Waals surface area contributed by atoms with E-state index in [1.807, 2.05) is 6.07 Å². The van der Waals surface area contributed by atoms with E-state index in [0.29, 0.717) is 5.92 Å². The minimum atomic E-state index is -0.871. The monoisotopic (exact) mass is 319 g/mol. The van der Waals surface area contributed by atoms with Crippen molar-refractivity contribution in [3.05, 3.63) is 53.3 Å². The maximum absolute atomic E-state index is 14.5. The van der Waals surface area contributed by atoms with Crippen LogP contribution in [0.15, 0.2) is 30.3 Å². The number of anilines is 1. The lowest BCUT2D eigenvalue weighted by atomic mass is 9.79. The van der Waals surface area contributed by atoms with Crippen LogP contribution in [0, 0.1) is 23.4 Å². The van der Waals surface area contributed by atoms with Gasteiger partial charge in [-0.05, 0) is 54.0 Å². The highest BCUT2D eigenvalue weighted by atomic mass is 19.1. The van der Waals surface area contributed by atoms with Gasteiger partial charge in [-0.25, -0.2) is 13.2 Å². The van der Waals surface area contributed by atoms with Crippen molar-refractivity contribution >= 4 is 5.69 Å². The quantitative estimate of drug-likeness (QED) is 0.712. The highest BCUT2D eigenvalue weighted by molar-refractivity contribution is 5.67. The molecule has 0 aromatic heterocycles. The summed E-state index contributed by atoms with van der Waals surface area (Å²) in [7, 11) is 0. The molecule has 0 saturated heterocycles. The van der Waals surface area contributed by atoms with Crippen molar-refractivity contribution < 1.29 is 13.2 Å². The lowest BCUT2D eigenvalue weighted by Crippen LogP contribution is -2.11. The van der Waals surface area contributed by atoms with Gasteiger partial charge in [0, 0.05) is 5.56 Å². The summed E-state index contributed by atoms with van der Waals surface area (Å²) in [6, 6.07) is 7.11. The van der Waals surface area contributed by atoms with E-state index in [0.717, 1.165) is 49.3 Å².